The van der Waals surface area contributed by atoms with Crippen LogP contribution in [0.5, 0.6) is 0 Å². The first-order valence-electron chi connectivity index (χ1n) is 9.69. The predicted molar refractivity (Wildman–Crippen MR) is 117 cm³/mol. The van der Waals surface area contributed by atoms with Crippen LogP contribution in [0.3, 0.4) is 0 Å². The number of fused-ring (bicyclic) bond motifs is 2. The second-order valence-corrected chi connectivity index (χ2v) is 8.05. The molecule has 0 saturated carbocycles. The van der Waals surface area contributed by atoms with Gasteiger partial charge >= 0.3 is 0 Å². The predicted octanol–water partition coefficient (Wildman–Crippen LogP) is 3.77. The number of anilines is 1. The van der Waals surface area contributed by atoms with Crippen molar-refractivity contribution in [1.82, 2.24) is 19.2 Å². The fourth-order valence-corrected chi connectivity index (χ4v) is 4.74. The van der Waals surface area contributed by atoms with E-state index in [-0.39, 0.29) is 0 Å². The Morgan fingerprint density at radius 3 is 2.79 bits per heavy atom. The number of benzene rings is 1. The zero-order valence-electron chi connectivity index (χ0n) is 15.8. The van der Waals surface area contributed by atoms with E-state index in [1.165, 1.54) is 15.6 Å². The number of nitrogens with zero attached hydrogens (tertiary/aromatic N) is 5. The van der Waals surface area contributed by atoms with Gasteiger partial charge in [0.2, 0.25) is 0 Å². The molecule has 0 radical (unpaired) electrons. The molecule has 2 aliphatic heterocycles. The summed E-state index contributed by atoms with van der Waals surface area (Å²) in [7, 11) is 0. The van der Waals surface area contributed by atoms with Crippen LogP contribution >= 0.6 is 11.5 Å². The van der Waals surface area contributed by atoms with Crippen molar-refractivity contribution in [3.63, 3.8) is 0 Å². The van der Waals surface area contributed by atoms with Crippen LogP contribution in [-0.4, -0.2) is 58.4 Å². The zero-order chi connectivity index (χ0) is 18.9. The highest BCUT2D eigenvalue weighted by molar-refractivity contribution is 7.13. The van der Waals surface area contributed by atoms with Gasteiger partial charge in [-0.25, -0.2) is 0 Å². The van der Waals surface area contributed by atoms with Gasteiger partial charge in [-0.1, -0.05) is 18.7 Å². The molecule has 142 valence electrons. The molecule has 3 aromatic rings. The quantitative estimate of drug-likeness (QED) is 0.679. The van der Waals surface area contributed by atoms with Gasteiger partial charge in [0, 0.05) is 74.5 Å². The molecule has 5 nitrogen and oxygen atoms in total. The van der Waals surface area contributed by atoms with Crippen LogP contribution in [0.25, 0.3) is 21.9 Å². The van der Waals surface area contributed by atoms with E-state index in [4.69, 9.17) is 4.37 Å². The third kappa shape index (κ3) is 3.19. The molecular formula is C22H23N5S. The minimum Gasteiger partial charge on any atom is -0.353 e. The molecule has 0 aliphatic carbocycles. The minimum atomic E-state index is 0.948. The average molecular weight is 390 g/mol. The topological polar surface area (TPSA) is 35.5 Å². The summed E-state index contributed by atoms with van der Waals surface area (Å²) in [4.78, 5) is 11.4. The summed E-state index contributed by atoms with van der Waals surface area (Å²) in [5.74, 6) is 1.15. The molecule has 2 aromatic heterocycles. The molecule has 1 aromatic carbocycles. The van der Waals surface area contributed by atoms with Crippen molar-refractivity contribution < 1.29 is 0 Å². The largest absolute Gasteiger partial charge is 0.353 e. The van der Waals surface area contributed by atoms with Gasteiger partial charge in [-0.3, -0.25) is 9.88 Å². The van der Waals surface area contributed by atoms with E-state index < -0.39 is 0 Å². The Kier molecular flexibility index (Phi) is 4.58. The van der Waals surface area contributed by atoms with Crippen molar-refractivity contribution in [2.45, 2.75) is 0 Å². The van der Waals surface area contributed by atoms with Gasteiger partial charge in [-0.05, 0) is 41.4 Å². The molecule has 0 amide bonds. The first kappa shape index (κ1) is 17.4. The monoisotopic (exact) mass is 389 g/mol. The number of piperazine rings is 1. The normalized spacial score (nSPS) is 17.4. The maximum atomic E-state index is 4.71. The number of pyridine rings is 1. The summed E-state index contributed by atoms with van der Waals surface area (Å²) in [5.41, 5.74) is 3.36. The van der Waals surface area contributed by atoms with Crippen molar-refractivity contribution in [2.24, 2.45) is 0 Å². The molecule has 6 heteroatoms. The fraction of sp³-hybridized carbons (Fsp3) is 0.273. The molecule has 1 fully saturated rings. The molecule has 0 unspecified atom stereocenters. The van der Waals surface area contributed by atoms with Crippen LogP contribution < -0.4 is 4.90 Å². The Hall–Kier alpha value is -2.70. The van der Waals surface area contributed by atoms with E-state index in [1.807, 2.05) is 18.5 Å². The Balaban J connectivity index is 1.18. The SMILES string of the molecule is C=C1c2cnccc2C=CN1CCN1CCN(c2nsc3ccccc23)CC1. The van der Waals surface area contributed by atoms with E-state index in [0.29, 0.717) is 0 Å². The van der Waals surface area contributed by atoms with Crippen molar-refractivity contribution in [3.05, 3.63) is 66.6 Å². The summed E-state index contributed by atoms with van der Waals surface area (Å²) < 4.78 is 5.98. The molecule has 0 atom stereocenters. The molecule has 0 bridgehead atoms. The van der Waals surface area contributed by atoms with Crippen LogP contribution in [0.15, 0.2) is 55.5 Å². The molecule has 1 saturated heterocycles. The lowest BCUT2D eigenvalue weighted by Gasteiger charge is -2.36. The highest BCUT2D eigenvalue weighted by atomic mass is 32.1. The first-order valence-corrected chi connectivity index (χ1v) is 10.5. The molecule has 2 aliphatic rings. The molecule has 28 heavy (non-hydrogen) atoms. The van der Waals surface area contributed by atoms with E-state index >= 15 is 0 Å². The van der Waals surface area contributed by atoms with Gasteiger partial charge in [0.05, 0.1) is 4.70 Å². The highest BCUT2D eigenvalue weighted by Gasteiger charge is 2.22. The van der Waals surface area contributed by atoms with Crippen LogP contribution in [0, 0.1) is 0 Å². The van der Waals surface area contributed by atoms with Crippen LogP contribution in [0.4, 0.5) is 5.82 Å². The summed E-state index contributed by atoms with van der Waals surface area (Å²) in [6.45, 7) is 10.4. The van der Waals surface area contributed by atoms with Crippen LogP contribution in [-0.2, 0) is 0 Å². The lowest BCUT2D eigenvalue weighted by atomic mass is 10.0. The summed E-state index contributed by atoms with van der Waals surface area (Å²) in [6, 6.07) is 10.6. The average Bonchev–Trinajstić information content (AvgIpc) is 3.18. The number of rotatable bonds is 4. The smallest absolute Gasteiger partial charge is 0.150 e. The minimum absolute atomic E-state index is 0.948. The summed E-state index contributed by atoms with van der Waals surface area (Å²) in [5, 5.41) is 1.28. The van der Waals surface area contributed by atoms with Crippen molar-refractivity contribution in [2.75, 3.05) is 44.2 Å². The van der Waals surface area contributed by atoms with Gasteiger partial charge in [-0.2, -0.15) is 4.37 Å². The van der Waals surface area contributed by atoms with Gasteiger partial charge in [0.25, 0.3) is 0 Å². The van der Waals surface area contributed by atoms with Gasteiger partial charge < -0.3 is 9.80 Å². The van der Waals surface area contributed by atoms with Gasteiger partial charge in [0.1, 0.15) is 5.82 Å². The molecule has 0 N–H and O–H groups in total. The number of hydrogen-bond donors (Lipinski definition) is 0. The van der Waals surface area contributed by atoms with Crippen molar-refractivity contribution in [1.29, 1.82) is 0 Å². The van der Waals surface area contributed by atoms with E-state index in [0.717, 1.165) is 56.3 Å². The second kappa shape index (κ2) is 7.37. The number of hydrogen-bond acceptors (Lipinski definition) is 6. The standard InChI is InChI=1S/C22H23N5S/c1-17-20-16-23-8-6-18(20)7-9-26(17)13-10-25-11-14-27(15-12-25)22-19-4-2-3-5-21(19)28-24-22/h2-9,16H,1,10-15H2. The Bertz CT molecular complexity index is 1030. The second-order valence-electron chi connectivity index (χ2n) is 7.25. The maximum absolute atomic E-state index is 4.71. The summed E-state index contributed by atoms with van der Waals surface area (Å²) >= 11 is 1.60. The third-order valence-corrected chi connectivity index (χ3v) is 6.45. The Morgan fingerprint density at radius 2 is 1.89 bits per heavy atom. The molecular weight excluding hydrogens is 366 g/mol. The van der Waals surface area contributed by atoms with Crippen molar-refractivity contribution >= 4 is 39.2 Å². The molecule has 5 rings (SSSR count). The van der Waals surface area contributed by atoms with E-state index in [9.17, 15) is 0 Å². The zero-order valence-corrected chi connectivity index (χ0v) is 16.6. The maximum Gasteiger partial charge on any atom is 0.150 e. The lowest BCUT2D eigenvalue weighted by molar-refractivity contribution is 0.244. The summed E-state index contributed by atoms with van der Waals surface area (Å²) in [6.07, 6.45) is 8.03. The number of aromatic nitrogens is 2. The first-order chi connectivity index (χ1) is 13.8. The Labute approximate surface area is 169 Å². The van der Waals surface area contributed by atoms with E-state index in [1.54, 1.807) is 11.5 Å². The molecule has 0 spiro atoms. The van der Waals surface area contributed by atoms with Gasteiger partial charge in [-0.15, -0.1) is 0 Å². The van der Waals surface area contributed by atoms with E-state index in [2.05, 4.69) is 62.8 Å². The third-order valence-electron chi connectivity index (χ3n) is 5.63. The highest BCUT2D eigenvalue weighted by Crippen LogP contribution is 2.30. The van der Waals surface area contributed by atoms with Crippen molar-refractivity contribution in [3.8, 4) is 0 Å². The molecule has 4 heterocycles. The Morgan fingerprint density at radius 1 is 1.04 bits per heavy atom. The van der Waals surface area contributed by atoms with Gasteiger partial charge in [0.15, 0.2) is 0 Å². The lowest BCUT2D eigenvalue weighted by Crippen LogP contribution is -2.48. The van der Waals surface area contributed by atoms with Crippen LogP contribution in [0.1, 0.15) is 11.1 Å². The fourth-order valence-electron chi connectivity index (χ4n) is 3.95. The van der Waals surface area contributed by atoms with Crippen LogP contribution in [0.2, 0.25) is 0 Å².